The van der Waals surface area contributed by atoms with E-state index in [1.165, 1.54) is 0 Å². The Morgan fingerprint density at radius 2 is 2.22 bits per heavy atom. The molecule has 0 amide bonds. The molecule has 0 unspecified atom stereocenters. The van der Waals surface area contributed by atoms with Crippen LogP contribution in [0, 0.1) is 5.82 Å². The fourth-order valence-electron chi connectivity index (χ4n) is 1.70. The van der Waals surface area contributed by atoms with E-state index in [1.807, 2.05) is 22.6 Å². The van der Waals surface area contributed by atoms with E-state index in [0.29, 0.717) is 15.2 Å². The third-order valence-electron chi connectivity index (χ3n) is 2.64. The summed E-state index contributed by atoms with van der Waals surface area (Å²) in [5.41, 5.74) is -2.17. The van der Waals surface area contributed by atoms with Crippen molar-refractivity contribution in [3.8, 4) is 0 Å². The predicted octanol–water partition coefficient (Wildman–Crippen LogP) is -0.293. The number of nitrogens with one attached hydrogen (secondary N) is 1. The van der Waals surface area contributed by atoms with Gasteiger partial charge >= 0.3 is 5.69 Å². The zero-order valence-corrected chi connectivity index (χ0v) is 11.0. The van der Waals surface area contributed by atoms with Gasteiger partial charge in [0.1, 0.15) is 6.10 Å². The van der Waals surface area contributed by atoms with Crippen molar-refractivity contribution in [2.45, 2.75) is 24.6 Å². The molecule has 9 heteroatoms. The highest BCUT2D eigenvalue weighted by atomic mass is 127. The van der Waals surface area contributed by atoms with Crippen LogP contribution < -0.4 is 11.2 Å². The topological polar surface area (TPSA) is 84.3 Å². The van der Waals surface area contributed by atoms with Crippen molar-refractivity contribution in [2.24, 2.45) is 0 Å². The number of rotatable bonds is 2. The van der Waals surface area contributed by atoms with Crippen molar-refractivity contribution in [3.63, 3.8) is 0 Å². The molecule has 6 nitrogen and oxygen atoms in total. The molecule has 1 aromatic rings. The van der Waals surface area contributed by atoms with Crippen LogP contribution in [0.4, 0.5) is 8.78 Å². The first-order valence-electron chi connectivity index (χ1n) is 5.00. The summed E-state index contributed by atoms with van der Waals surface area (Å²) in [6, 6.07) is 0. The summed E-state index contributed by atoms with van der Waals surface area (Å²) in [7, 11) is 0. The molecule has 4 atom stereocenters. The number of H-pyrrole nitrogens is 1. The summed E-state index contributed by atoms with van der Waals surface area (Å²) >= 11 is 1.89. The minimum Gasteiger partial charge on any atom is -0.387 e. The number of halogens is 3. The molecule has 18 heavy (non-hydrogen) atoms. The number of aliphatic hydroxyl groups excluding tert-OH is 1. The lowest BCUT2D eigenvalue weighted by molar-refractivity contribution is -0.0159. The van der Waals surface area contributed by atoms with E-state index in [0.717, 1.165) is 0 Å². The molecule has 0 aliphatic carbocycles. The van der Waals surface area contributed by atoms with Gasteiger partial charge in [0.25, 0.3) is 5.56 Å². The van der Waals surface area contributed by atoms with Crippen molar-refractivity contribution in [1.82, 2.24) is 9.55 Å². The molecule has 0 aromatic carbocycles. The molecule has 0 bridgehead atoms. The highest BCUT2D eigenvalue weighted by Gasteiger charge is 2.45. The monoisotopic (exact) mass is 374 g/mol. The number of alkyl halides is 2. The van der Waals surface area contributed by atoms with Crippen LogP contribution in [0.25, 0.3) is 0 Å². The predicted molar refractivity (Wildman–Crippen MR) is 65.0 cm³/mol. The standard InChI is InChI=1S/C9H9F2IN2O4/c10-3-2-14(9(17)13-7(3)16)8-5(11)6(15)4(1-12)18-8/h2,4-6,8,15H,1H2,(H,13,16,17)/t4-,5+,6-,8-/m1/s1. The summed E-state index contributed by atoms with van der Waals surface area (Å²) in [5, 5.41) is 9.52. The highest BCUT2D eigenvalue weighted by molar-refractivity contribution is 14.1. The number of hydrogen-bond donors (Lipinski definition) is 2. The van der Waals surface area contributed by atoms with Gasteiger partial charge in [-0.05, 0) is 0 Å². The van der Waals surface area contributed by atoms with Crippen molar-refractivity contribution in [2.75, 3.05) is 4.43 Å². The van der Waals surface area contributed by atoms with Crippen LogP contribution >= 0.6 is 22.6 Å². The minimum absolute atomic E-state index is 0.316. The first kappa shape index (κ1) is 13.6. The summed E-state index contributed by atoms with van der Waals surface area (Å²) in [4.78, 5) is 24.0. The Labute approximate surface area is 113 Å². The smallest absolute Gasteiger partial charge is 0.330 e. The highest BCUT2D eigenvalue weighted by Crippen LogP contribution is 2.31. The van der Waals surface area contributed by atoms with E-state index in [4.69, 9.17) is 4.74 Å². The number of aromatic amines is 1. The van der Waals surface area contributed by atoms with Crippen molar-refractivity contribution < 1.29 is 18.6 Å². The second kappa shape index (κ2) is 5.05. The van der Waals surface area contributed by atoms with Gasteiger partial charge < -0.3 is 9.84 Å². The van der Waals surface area contributed by atoms with Gasteiger partial charge in [0.2, 0.25) is 5.82 Å². The van der Waals surface area contributed by atoms with Gasteiger partial charge in [0.15, 0.2) is 12.4 Å². The molecule has 0 radical (unpaired) electrons. The maximum atomic E-state index is 13.8. The summed E-state index contributed by atoms with van der Waals surface area (Å²) in [6.45, 7) is 0. The molecule has 2 heterocycles. The number of hydrogen-bond acceptors (Lipinski definition) is 4. The third kappa shape index (κ3) is 2.21. The SMILES string of the molecule is O=c1[nH]c(=O)n([C@@H]2O[C@H](CI)[C@@H](O)[C@@H]2F)cc1F. The van der Waals surface area contributed by atoms with Crippen LogP contribution in [0.1, 0.15) is 6.23 Å². The largest absolute Gasteiger partial charge is 0.387 e. The Hall–Kier alpha value is -0.810. The first-order valence-corrected chi connectivity index (χ1v) is 6.52. The van der Waals surface area contributed by atoms with Crippen LogP contribution in [0.5, 0.6) is 0 Å². The Kier molecular flexibility index (Phi) is 3.82. The van der Waals surface area contributed by atoms with E-state index in [9.17, 15) is 23.5 Å². The second-order valence-electron chi connectivity index (χ2n) is 3.80. The molecule has 2 N–H and O–H groups in total. The summed E-state index contributed by atoms with van der Waals surface area (Å²) < 4.78 is 32.9. The van der Waals surface area contributed by atoms with Gasteiger partial charge in [-0.15, -0.1) is 0 Å². The zero-order chi connectivity index (χ0) is 13.4. The van der Waals surface area contributed by atoms with Gasteiger partial charge in [-0.2, -0.15) is 4.39 Å². The van der Waals surface area contributed by atoms with Gasteiger partial charge in [-0.3, -0.25) is 14.3 Å². The number of aliphatic hydroxyl groups is 1. The second-order valence-corrected chi connectivity index (χ2v) is 4.68. The number of aromatic nitrogens is 2. The van der Waals surface area contributed by atoms with E-state index in [-0.39, 0.29) is 0 Å². The average Bonchev–Trinajstić information content (AvgIpc) is 2.61. The van der Waals surface area contributed by atoms with E-state index < -0.39 is 41.7 Å². The molecular formula is C9H9F2IN2O4. The Bertz CT molecular complexity index is 560. The van der Waals surface area contributed by atoms with Crippen molar-refractivity contribution in [1.29, 1.82) is 0 Å². The lowest BCUT2D eigenvalue weighted by Gasteiger charge is -2.15. The van der Waals surface area contributed by atoms with E-state index in [2.05, 4.69) is 0 Å². The summed E-state index contributed by atoms with van der Waals surface area (Å²) in [5.74, 6) is -1.22. The van der Waals surface area contributed by atoms with Gasteiger partial charge in [-0.1, -0.05) is 22.6 Å². The molecule has 0 saturated carbocycles. The fourth-order valence-corrected chi connectivity index (χ4v) is 2.43. The molecule has 2 rings (SSSR count). The average molecular weight is 374 g/mol. The molecule has 100 valence electrons. The Morgan fingerprint density at radius 3 is 2.78 bits per heavy atom. The van der Waals surface area contributed by atoms with Crippen molar-refractivity contribution >= 4 is 22.6 Å². The van der Waals surface area contributed by atoms with E-state index in [1.54, 1.807) is 4.98 Å². The summed E-state index contributed by atoms with van der Waals surface area (Å²) in [6.07, 6.45) is -4.92. The van der Waals surface area contributed by atoms with E-state index >= 15 is 0 Å². The van der Waals surface area contributed by atoms with Gasteiger partial charge in [-0.25, -0.2) is 9.18 Å². The molecule has 1 aliphatic rings. The van der Waals surface area contributed by atoms with Crippen LogP contribution in [-0.4, -0.2) is 37.5 Å². The Balaban J connectivity index is 2.42. The van der Waals surface area contributed by atoms with Crippen LogP contribution in [0.15, 0.2) is 15.8 Å². The third-order valence-corrected chi connectivity index (χ3v) is 3.51. The normalized spacial score (nSPS) is 31.8. The molecule has 1 saturated heterocycles. The van der Waals surface area contributed by atoms with Crippen molar-refractivity contribution in [3.05, 3.63) is 32.9 Å². The van der Waals surface area contributed by atoms with Crippen LogP contribution in [0.2, 0.25) is 0 Å². The lowest BCUT2D eigenvalue weighted by Crippen LogP contribution is -2.37. The zero-order valence-electron chi connectivity index (χ0n) is 8.85. The van der Waals surface area contributed by atoms with Crippen LogP contribution in [-0.2, 0) is 4.74 Å². The lowest BCUT2D eigenvalue weighted by atomic mass is 10.2. The maximum absolute atomic E-state index is 13.8. The van der Waals surface area contributed by atoms with Gasteiger partial charge in [0.05, 0.1) is 12.3 Å². The van der Waals surface area contributed by atoms with Crippen LogP contribution in [0.3, 0.4) is 0 Å². The molecule has 1 aliphatic heterocycles. The Morgan fingerprint density at radius 1 is 1.56 bits per heavy atom. The molecular weight excluding hydrogens is 365 g/mol. The molecule has 1 fully saturated rings. The quantitative estimate of drug-likeness (QED) is 0.551. The number of nitrogens with zero attached hydrogens (tertiary/aromatic N) is 1. The minimum atomic E-state index is -1.87. The first-order chi connectivity index (χ1) is 8.45. The maximum Gasteiger partial charge on any atom is 0.330 e. The molecule has 0 spiro atoms. The fraction of sp³-hybridized carbons (Fsp3) is 0.556. The molecule has 1 aromatic heterocycles. The number of ether oxygens (including phenoxy) is 1. The van der Waals surface area contributed by atoms with Gasteiger partial charge in [0, 0.05) is 4.43 Å².